The zero-order chi connectivity index (χ0) is 58.5. The molecule has 81 heavy (non-hydrogen) atoms. The SMILES string of the molecule is CC/C=C\C/C=C\C/C=C\C/C=C\C/C=C\CCCCCCCC(=O)OC(COC(=O)CCCCCCCCCCCC/C=C\C/C=C\C/C=C\CCCCCCC)COC(=O)CCCCCCCCCCCCCCCCCCC. The van der Waals surface area contributed by atoms with E-state index in [-0.39, 0.29) is 31.1 Å². The molecule has 0 aromatic rings. The van der Waals surface area contributed by atoms with Crippen LogP contribution in [-0.4, -0.2) is 37.2 Å². The molecule has 0 saturated carbocycles. The number of unbranched alkanes of at least 4 members (excludes halogenated alkanes) is 36. The third-order valence-corrected chi connectivity index (χ3v) is 15.1. The number of carbonyl (C=O) groups is 3. The Hall–Kier alpha value is -3.67. The summed E-state index contributed by atoms with van der Waals surface area (Å²) in [5, 5.41) is 0. The zero-order valence-electron chi connectivity index (χ0n) is 53.5. The molecule has 1 unspecified atom stereocenters. The van der Waals surface area contributed by atoms with E-state index in [9.17, 15) is 14.4 Å². The van der Waals surface area contributed by atoms with E-state index in [1.807, 2.05) is 0 Å². The van der Waals surface area contributed by atoms with Crippen molar-refractivity contribution < 1.29 is 28.6 Å². The Morgan fingerprint density at radius 3 is 0.753 bits per heavy atom. The number of hydrogen-bond acceptors (Lipinski definition) is 6. The van der Waals surface area contributed by atoms with E-state index in [0.717, 1.165) is 122 Å². The van der Waals surface area contributed by atoms with Crippen molar-refractivity contribution in [2.24, 2.45) is 0 Å². The standard InChI is InChI=1S/C75H130O6/c1-4-7-10-13-16-19-22-25-28-31-33-35-36-37-38-40-41-44-47-50-53-56-59-62-65-68-74(77)80-71-72(70-79-73(76)67-64-61-58-55-52-49-46-43-30-27-24-21-18-15-12-9-6-3)81-75(78)69-66-63-60-57-54-51-48-45-42-39-34-32-29-26-23-20-17-14-11-8-5-2/h8,11,17,20,22,25-26,29,31,33-34,36-37,39,45,48,72H,4-7,9-10,12-16,18-19,21,23-24,27-28,30,32,35,38,40-44,46-47,49-71H2,1-3H3/b11-8-,20-17-,25-22-,29-26-,33-31-,37-36-,39-34-,48-45-. The van der Waals surface area contributed by atoms with Gasteiger partial charge in [-0.05, 0) is 103 Å². The van der Waals surface area contributed by atoms with Crippen LogP contribution < -0.4 is 0 Å². The second kappa shape index (κ2) is 68.8. The highest BCUT2D eigenvalue weighted by molar-refractivity contribution is 5.71. The van der Waals surface area contributed by atoms with Crippen molar-refractivity contribution in [3.63, 3.8) is 0 Å². The molecular formula is C75H130O6. The first-order chi connectivity index (χ1) is 40.0. The summed E-state index contributed by atoms with van der Waals surface area (Å²) in [6, 6.07) is 0. The van der Waals surface area contributed by atoms with Crippen molar-refractivity contribution in [3.05, 3.63) is 97.2 Å². The van der Waals surface area contributed by atoms with Crippen LogP contribution in [0.15, 0.2) is 97.2 Å². The van der Waals surface area contributed by atoms with Crippen molar-refractivity contribution >= 4 is 17.9 Å². The van der Waals surface area contributed by atoms with Crippen LogP contribution >= 0.6 is 0 Å². The molecular weight excluding hydrogens is 997 g/mol. The Bertz CT molecular complexity index is 1580. The third-order valence-electron chi connectivity index (χ3n) is 15.1. The molecule has 0 N–H and O–H groups in total. The Balaban J connectivity index is 4.39. The normalized spacial score (nSPS) is 12.7. The minimum atomic E-state index is -0.791. The maximum absolute atomic E-state index is 13.0. The molecule has 0 spiro atoms. The summed E-state index contributed by atoms with van der Waals surface area (Å²) < 4.78 is 17.0. The van der Waals surface area contributed by atoms with E-state index in [4.69, 9.17) is 14.2 Å². The second-order valence-electron chi connectivity index (χ2n) is 23.1. The van der Waals surface area contributed by atoms with Gasteiger partial charge < -0.3 is 14.2 Å². The number of carbonyl (C=O) groups excluding carboxylic acids is 3. The molecule has 0 aromatic heterocycles. The first-order valence-electron chi connectivity index (χ1n) is 34.7. The number of rotatable bonds is 63. The van der Waals surface area contributed by atoms with Gasteiger partial charge >= 0.3 is 17.9 Å². The van der Waals surface area contributed by atoms with Crippen molar-refractivity contribution in [3.8, 4) is 0 Å². The van der Waals surface area contributed by atoms with Gasteiger partial charge in [0.25, 0.3) is 0 Å². The van der Waals surface area contributed by atoms with E-state index in [2.05, 4.69) is 118 Å². The van der Waals surface area contributed by atoms with Gasteiger partial charge in [0.05, 0.1) is 0 Å². The van der Waals surface area contributed by atoms with Crippen molar-refractivity contribution in [2.75, 3.05) is 13.2 Å². The van der Waals surface area contributed by atoms with Gasteiger partial charge in [0, 0.05) is 19.3 Å². The predicted molar refractivity (Wildman–Crippen MR) is 353 cm³/mol. The number of ether oxygens (including phenoxy) is 3. The maximum Gasteiger partial charge on any atom is 0.306 e. The van der Waals surface area contributed by atoms with Gasteiger partial charge in [-0.25, -0.2) is 0 Å². The molecule has 0 fully saturated rings. The molecule has 466 valence electrons. The van der Waals surface area contributed by atoms with Gasteiger partial charge in [0.1, 0.15) is 13.2 Å². The summed E-state index contributed by atoms with van der Waals surface area (Å²) in [6.07, 6.45) is 92.7. The van der Waals surface area contributed by atoms with Crippen LogP contribution in [-0.2, 0) is 28.6 Å². The molecule has 0 heterocycles. The molecule has 1 atom stereocenters. The maximum atomic E-state index is 13.0. The van der Waals surface area contributed by atoms with Gasteiger partial charge in [0.2, 0.25) is 0 Å². The molecule has 6 nitrogen and oxygen atoms in total. The van der Waals surface area contributed by atoms with Crippen LogP contribution in [0.3, 0.4) is 0 Å². The first-order valence-corrected chi connectivity index (χ1v) is 34.7. The fraction of sp³-hybridized carbons (Fsp3) is 0.747. The van der Waals surface area contributed by atoms with E-state index >= 15 is 0 Å². The average Bonchev–Trinajstić information content (AvgIpc) is 3.47. The molecule has 0 radical (unpaired) electrons. The van der Waals surface area contributed by atoms with Crippen LogP contribution in [0, 0.1) is 0 Å². The summed E-state index contributed by atoms with van der Waals surface area (Å²) in [5.74, 6) is -0.891. The minimum Gasteiger partial charge on any atom is -0.462 e. The lowest BCUT2D eigenvalue weighted by Gasteiger charge is -2.18. The van der Waals surface area contributed by atoms with Gasteiger partial charge in [0.15, 0.2) is 6.10 Å². The van der Waals surface area contributed by atoms with E-state index in [0.29, 0.717) is 19.3 Å². The highest BCUT2D eigenvalue weighted by Gasteiger charge is 2.19. The lowest BCUT2D eigenvalue weighted by Crippen LogP contribution is -2.30. The van der Waals surface area contributed by atoms with E-state index < -0.39 is 6.10 Å². The van der Waals surface area contributed by atoms with Gasteiger partial charge in [-0.1, -0.05) is 317 Å². The summed E-state index contributed by atoms with van der Waals surface area (Å²) in [7, 11) is 0. The quantitative estimate of drug-likeness (QED) is 0.0261. The first kappa shape index (κ1) is 77.3. The monoisotopic (exact) mass is 1130 g/mol. The summed E-state index contributed by atoms with van der Waals surface area (Å²) in [5.41, 5.74) is 0. The summed E-state index contributed by atoms with van der Waals surface area (Å²) in [4.78, 5) is 38.5. The molecule has 0 aliphatic rings. The lowest BCUT2D eigenvalue weighted by atomic mass is 10.0. The molecule has 0 bridgehead atoms. The van der Waals surface area contributed by atoms with Crippen LogP contribution in [0.2, 0.25) is 0 Å². The average molecular weight is 1130 g/mol. The fourth-order valence-corrected chi connectivity index (χ4v) is 9.89. The molecule has 0 rings (SSSR count). The highest BCUT2D eigenvalue weighted by atomic mass is 16.6. The number of hydrogen-bond donors (Lipinski definition) is 0. The zero-order valence-corrected chi connectivity index (χ0v) is 53.5. The van der Waals surface area contributed by atoms with Crippen LogP contribution in [0.4, 0.5) is 0 Å². The van der Waals surface area contributed by atoms with E-state index in [1.165, 1.54) is 180 Å². The summed E-state index contributed by atoms with van der Waals surface area (Å²) >= 11 is 0. The second-order valence-corrected chi connectivity index (χ2v) is 23.1. The summed E-state index contributed by atoms with van der Waals surface area (Å²) in [6.45, 7) is 6.54. The molecule has 0 aromatic carbocycles. The van der Waals surface area contributed by atoms with E-state index in [1.54, 1.807) is 0 Å². The molecule has 0 amide bonds. The van der Waals surface area contributed by atoms with Crippen molar-refractivity contribution in [1.82, 2.24) is 0 Å². The number of allylic oxidation sites excluding steroid dienone is 16. The van der Waals surface area contributed by atoms with Crippen LogP contribution in [0.25, 0.3) is 0 Å². The van der Waals surface area contributed by atoms with Crippen molar-refractivity contribution in [1.29, 1.82) is 0 Å². The molecule has 0 aliphatic carbocycles. The van der Waals surface area contributed by atoms with Crippen LogP contribution in [0.1, 0.15) is 342 Å². The molecule has 0 aliphatic heterocycles. The molecule has 0 saturated heterocycles. The fourth-order valence-electron chi connectivity index (χ4n) is 9.89. The Morgan fingerprint density at radius 1 is 0.259 bits per heavy atom. The Morgan fingerprint density at radius 2 is 0.481 bits per heavy atom. The number of esters is 3. The largest absolute Gasteiger partial charge is 0.462 e. The van der Waals surface area contributed by atoms with Gasteiger partial charge in [-0.2, -0.15) is 0 Å². The van der Waals surface area contributed by atoms with Crippen LogP contribution in [0.5, 0.6) is 0 Å². The minimum absolute atomic E-state index is 0.0840. The molecule has 6 heteroatoms. The Kier molecular flexibility index (Phi) is 65.7. The lowest BCUT2D eigenvalue weighted by molar-refractivity contribution is -0.167. The third kappa shape index (κ3) is 67.0. The van der Waals surface area contributed by atoms with Crippen molar-refractivity contribution in [2.45, 2.75) is 348 Å². The van der Waals surface area contributed by atoms with Gasteiger partial charge in [-0.15, -0.1) is 0 Å². The highest BCUT2D eigenvalue weighted by Crippen LogP contribution is 2.17. The predicted octanol–water partition coefficient (Wildman–Crippen LogP) is 24.0. The smallest absolute Gasteiger partial charge is 0.306 e. The topological polar surface area (TPSA) is 78.9 Å². The van der Waals surface area contributed by atoms with Gasteiger partial charge in [-0.3, -0.25) is 14.4 Å². The Labute approximate surface area is 502 Å².